The Morgan fingerprint density at radius 3 is 2.56 bits per heavy atom. The fourth-order valence-corrected chi connectivity index (χ4v) is 5.40. The molecule has 5 nitrogen and oxygen atoms in total. The number of piperidine rings is 1. The van der Waals surface area contributed by atoms with Gasteiger partial charge in [0, 0.05) is 25.7 Å². The highest BCUT2D eigenvalue weighted by Gasteiger charge is 2.25. The Hall–Kier alpha value is -1.41. The van der Waals surface area contributed by atoms with Crippen molar-refractivity contribution in [2.45, 2.75) is 37.2 Å². The van der Waals surface area contributed by atoms with Crippen LogP contribution in [0.15, 0.2) is 51.8 Å². The largest absolute Gasteiger partial charge is 0.496 e. The van der Waals surface area contributed by atoms with Crippen molar-refractivity contribution in [2.24, 2.45) is 0 Å². The second kappa shape index (κ2) is 8.73. The molecule has 146 valence electrons. The number of hydrogen-bond acceptors (Lipinski definition) is 4. The molecule has 0 spiro atoms. The van der Waals surface area contributed by atoms with Crippen LogP contribution in [-0.2, 0) is 16.6 Å². The van der Waals surface area contributed by atoms with E-state index >= 15 is 0 Å². The minimum Gasteiger partial charge on any atom is -0.496 e. The first-order chi connectivity index (χ1) is 12.9. The number of rotatable bonds is 6. The molecule has 27 heavy (non-hydrogen) atoms. The summed E-state index contributed by atoms with van der Waals surface area (Å²) in [7, 11) is -1.99. The Bertz CT molecular complexity index is 894. The maximum absolute atomic E-state index is 12.7. The predicted molar refractivity (Wildman–Crippen MR) is 110 cm³/mol. The van der Waals surface area contributed by atoms with Gasteiger partial charge in [-0.3, -0.25) is 4.90 Å². The maximum atomic E-state index is 12.7. The second-order valence-electron chi connectivity index (χ2n) is 6.96. The van der Waals surface area contributed by atoms with Crippen LogP contribution in [0.4, 0.5) is 0 Å². The van der Waals surface area contributed by atoms with E-state index in [1.54, 1.807) is 25.3 Å². The van der Waals surface area contributed by atoms with Crippen molar-refractivity contribution in [1.82, 2.24) is 9.62 Å². The van der Waals surface area contributed by atoms with Crippen LogP contribution in [0.1, 0.15) is 24.0 Å². The lowest BCUT2D eigenvalue weighted by Gasteiger charge is -2.32. The van der Waals surface area contributed by atoms with Crippen LogP contribution in [0.5, 0.6) is 5.75 Å². The van der Waals surface area contributed by atoms with E-state index in [2.05, 4.69) is 56.7 Å². The standard InChI is InChI=1S/C20H25BrN2O3S/c1-15-4-3-5-16(12-15)14-23-10-8-17(9-11-23)22-27(24,25)18-6-7-20(26-2)19(21)13-18/h3-7,12-13,17,22H,8-11,14H2,1-2H3. The quantitative estimate of drug-likeness (QED) is 0.725. The number of nitrogens with zero attached hydrogens (tertiary/aromatic N) is 1. The Labute approximate surface area is 169 Å². The number of sulfonamides is 1. The molecule has 1 aliphatic heterocycles. The third kappa shape index (κ3) is 5.31. The molecule has 0 amide bonds. The summed E-state index contributed by atoms with van der Waals surface area (Å²) in [5.74, 6) is 0.610. The third-order valence-electron chi connectivity index (χ3n) is 4.83. The van der Waals surface area contributed by atoms with Crippen LogP contribution in [0.2, 0.25) is 0 Å². The van der Waals surface area contributed by atoms with E-state index in [9.17, 15) is 8.42 Å². The highest BCUT2D eigenvalue weighted by molar-refractivity contribution is 9.10. The van der Waals surface area contributed by atoms with Crippen LogP contribution in [0.3, 0.4) is 0 Å². The van der Waals surface area contributed by atoms with Gasteiger partial charge in [0.15, 0.2) is 0 Å². The summed E-state index contributed by atoms with van der Waals surface area (Å²) in [4.78, 5) is 2.63. The van der Waals surface area contributed by atoms with Gasteiger partial charge >= 0.3 is 0 Å². The summed E-state index contributed by atoms with van der Waals surface area (Å²) >= 11 is 3.35. The number of benzene rings is 2. The molecule has 0 aliphatic carbocycles. The number of likely N-dealkylation sites (tertiary alicyclic amines) is 1. The molecule has 0 bridgehead atoms. The van der Waals surface area contributed by atoms with Crippen molar-refractivity contribution in [1.29, 1.82) is 0 Å². The van der Waals surface area contributed by atoms with Gasteiger partial charge in [-0.2, -0.15) is 0 Å². The molecule has 0 saturated carbocycles. The summed E-state index contributed by atoms with van der Waals surface area (Å²) in [5, 5.41) is 0. The highest BCUT2D eigenvalue weighted by atomic mass is 79.9. The van der Waals surface area contributed by atoms with Crippen molar-refractivity contribution >= 4 is 26.0 Å². The zero-order valence-corrected chi connectivity index (χ0v) is 18.0. The van der Waals surface area contributed by atoms with Gasteiger partial charge in [-0.15, -0.1) is 0 Å². The first-order valence-corrected chi connectivity index (χ1v) is 11.3. The summed E-state index contributed by atoms with van der Waals surface area (Å²) in [5.41, 5.74) is 2.57. The van der Waals surface area contributed by atoms with Crippen LogP contribution in [-0.4, -0.2) is 39.6 Å². The van der Waals surface area contributed by atoms with Gasteiger partial charge in [-0.1, -0.05) is 29.8 Å². The number of ether oxygens (including phenoxy) is 1. The fourth-order valence-electron chi connectivity index (χ4n) is 3.38. The van der Waals surface area contributed by atoms with E-state index in [4.69, 9.17) is 4.74 Å². The average molecular weight is 453 g/mol. The molecule has 7 heteroatoms. The molecule has 1 aliphatic rings. The molecule has 0 radical (unpaired) electrons. The summed E-state index contributed by atoms with van der Waals surface area (Å²) in [6.07, 6.45) is 1.62. The topological polar surface area (TPSA) is 58.6 Å². The Kier molecular flexibility index (Phi) is 6.57. The lowest BCUT2D eigenvalue weighted by Crippen LogP contribution is -2.44. The fraction of sp³-hybridized carbons (Fsp3) is 0.400. The van der Waals surface area contributed by atoms with Gasteiger partial charge in [-0.05, 0) is 59.5 Å². The van der Waals surface area contributed by atoms with E-state index < -0.39 is 10.0 Å². The van der Waals surface area contributed by atoms with Crippen LogP contribution < -0.4 is 9.46 Å². The Morgan fingerprint density at radius 1 is 1.19 bits per heavy atom. The summed E-state index contributed by atoms with van der Waals surface area (Å²) in [6.45, 7) is 4.77. The van der Waals surface area contributed by atoms with Gasteiger partial charge in [0.05, 0.1) is 16.5 Å². The molecule has 1 fully saturated rings. The summed E-state index contributed by atoms with van der Waals surface area (Å²) in [6, 6.07) is 13.3. The van der Waals surface area contributed by atoms with Gasteiger partial charge in [0.25, 0.3) is 0 Å². The molecule has 0 unspecified atom stereocenters. The maximum Gasteiger partial charge on any atom is 0.240 e. The van der Waals surface area contributed by atoms with Gasteiger partial charge in [0.2, 0.25) is 10.0 Å². The third-order valence-corrected chi connectivity index (χ3v) is 6.97. The first kappa shape index (κ1) is 20.3. The van der Waals surface area contributed by atoms with Crippen LogP contribution in [0.25, 0.3) is 0 Å². The molecule has 0 atom stereocenters. The molecule has 3 rings (SSSR count). The summed E-state index contributed by atoms with van der Waals surface area (Å²) < 4.78 is 34.0. The van der Waals surface area contributed by atoms with Crippen molar-refractivity contribution in [3.05, 3.63) is 58.1 Å². The van der Waals surface area contributed by atoms with Crippen molar-refractivity contribution in [3.63, 3.8) is 0 Å². The Morgan fingerprint density at radius 2 is 1.93 bits per heavy atom. The lowest BCUT2D eigenvalue weighted by molar-refractivity contribution is 0.200. The van der Waals surface area contributed by atoms with Crippen molar-refractivity contribution in [2.75, 3.05) is 20.2 Å². The van der Waals surface area contributed by atoms with Crippen molar-refractivity contribution in [3.8, 4) is 5.75 Å². The first-order valence-electron chi connectivity index (χ1n) is 9.01. The number of methoxy groups -OCH3 is 1. The number of aryl methyl sites for hydroxylation is 1. The molecular weight excluding hydrogens is 428 g/mol. The van der Waals surface area contributed by atoms with E-state index in [-0.39, 0.29) is 10.9 Å². The molecule has 1 heterocycles. The lowest BCUT2D eigenvalue weighted by atomic mass is 10.0. The van der Waals surface area contributed by atoms with E-state index in [1.165, 1.54) is 11.1 Å². The number of halogens is 1. The number of hydrogen-bond donors (Lipinski definition) is 1. The van der Waals surface area contributed by atoms with Gasteiger partial charge in [-0.25, -0.2) is 13.1 Å². The molecule has 1 N–H and O–H groups in total. The molecule has 2 aromatic carbocycles. The average Bonchev–Trinajstić information content (AvgIpc) is 2.63. The minimum absolute atomic E-state index is 0.0374. The minimum atomic E-state index is -3.54. The van der Waals surface area contributed by atoms with E-state index in [0.717, 1.165) is 32.5 Å². The second-order valence-corrected chi connectivity index (χ2v) is 9.53. The molecule has 0 aromatic heterocycles. The monoisotopic (exact) mass is 452 g/mol. The van der Waals surface area contributed by atoms with E-state index in [0.29, 0.717) is 10.2 Å². The van der Waals surface area contributed by atoms with Crippen LogP contribution >= 0.6 is 15.9 Å². The normalized spacial score (nSPS) is 16.4. The number of nitrogens with one attached hydrogen (secondary N) is 1. The van der Waals surface area contributed by atoms with Crippen LogP contribution in [0, 0.1) is 6.92 Å². The predicted octanol–water partition coefficient (Wildman–Crippen LogP) is 3.71. The zero-order valence-electron chi connectivity index (χ0n) is 15.6. The molecule has 1 saturated heterocycles. The SMILES string of the molecule is COc1ccc(S(=O)(=O)NC2CCN(Cc3cccc(C)c3)CC2)cc1Br. The molecular formula is C20H25BrN2O3S. The molecule has 2 aromatic rings. The van der Waals surface area contributed by atoms with Crippen molar-refractivity contribution < 1.29 is 13.2 Å². The van der Waals surface area contributed by atoms with E-state index in [1.807, 2.05) is 0 Å². The zero-order chi connectivity index (χ0) is 19.4. The Balaban J connectivity index is 1.57. The van der Waals surface area contributed by atoms with Gasteiger partial charge < -0.3 is 4.74 Å². The highest BCUT2D eigenvalue weighted by Crippen LogP contribution is 2.27. The smallest absolute Gasteiger partial charge is 0.240 e. The van der Waals surface area contributed by atoms with Gasteiger partial charge in [0.1, 0.15) is 5.75 Å².